The molecule has 1 aromatic rings. The Kier molecular flexibility index (Phi) is 4.16. The fourth-order valence-electron chi connectivity index (χ4n) is 1.17. The molecule has 0 aliphatic heterocycles. The third-order valence-corrected chi connectivity index (χ3v) is 2.56. The third-order valence-electron chi connectivity index (χ3n) is 2.03. The average molecular weight is 183 g/mol. The molecule has 0 saturated carbocycles. The minimum atomic E-state index is 0.338. The van der Waals surface area contributed by atoms with Crippen molar-refractivity contribution in [3.8, 4) is 0 Å². The van der Waals surface area contributed by atoms with Gasteiger partial charge in [0.25, 0.3) is 0 Å². The molecule has 1 rings (SSSR count). The Morgan fingerprint density at radius 1 is 1.25 bits per heavy atom. The molecule has 0 radical (unpaired) electrons. The SMILES string of the molecule is CCC(Cl)CCc1ccccc1. The van der Waals surface area contributed by atoms with Gasteiger partial charge in [-0.2, -0.15) is 0 Å². The second kappa shape index (κ2) is 5.21. The molecule has 1 atom stereocenters. The van der Waals surface area contributed by atoms with Gasteiger partial charge in [0, 0.05) is 5.38 Å². The van der Waals surface area contributed by atoms with Crippen LogP contribution in [0, 0.1) is 0 Å². The molecule has 0 bridgehead atoms. The maximum Gasteiger partial charge on any atom is 0.0336 e. The summed E-state index contributed by atoms with van der Waals surface area (Å²) in [6.45, 7) is 2.13. The number of benzene rings is 1. The summed E-state index contributed by atoms with van der Waals surface area (Å²) in [6.07, 6.45) is 3.25. The van der Waals surface area contributed by atoms with Crippen molar-refractivity contribution in [2.75, 3.05) is 0 Å². The van der Waals surface area contributed by atoms with E-state index in [0.717, 1.165) is 19.3 Å². The molecule has 0 aromatic heterocycles. The zero-order valence-corrected chi connectivity index (χ0v) is 8.22. The van der Waals surface area contributed by atoms with Crippen molar-refractivity contribution in [2.45, 2.75) is 31.6 Å². The highest BCUT2D eigenvalue weighted by molar-refractivity contribution is 6.20. The highest BCUT2D eigenvalue weighted by Gasteiger charge is 2.00. The average Bonchev–Trinajstić information content (AvgIpc) is 2.16. The largest absolute Gasteiger partial charge is 0.123 e. The summed E-state index contributed by atoms with van der Waals surface area (Å²) < 4.78 is 0. The predicted molar refractivity (Wildman–Crippen MR) is 54.7 cm³/mol. The van der Waals surface area contributed by atoms with Crippen LogP contribution in [-0.2, 0) is 6.42 Å². The molecule has 0 spiro atoms. The van der Waals surface area contributed by atoms with E-state index < -0.39 is 0 Å². The predicted octanol–water partition coefficient (Wildman–Crippen LogP) is 3.64. The molecule has 0 fully saturated rings. The Hall–Kier alpha value is -0.490. The zero-order chi connectivity index (χ0) is 8.81. The molecule has 1 aromatic carbocycles. The van der Waals surface area contributed by atoms with Crippen LogP contribution < -0.4 is 0 Å². The molecule has 0 nitrogen and oxygen atoms in total. The smallest absolute Gasteiger partial charge is 0.0336 e. The summed E-state index contributed by atoms with van der Waals surface area (Å²) >= 11 is 6.02. The van der Waals surface area contributed by atoms with E-state index in [-0.39, 0.29) is 0 Å². The van der Waals surface area contributed by atoms with E-state index >= 15 is 0 Å². The van der Waals surface area contributed by atoms with Gasteiger partial charge in [0.05, 0.1) is 0 Å². The number of rotatable bonds is 4. The molecule has 66 valence electrons. The van der Waals surface area contributed by atoms with Gasteiger partial charge in [0.1, 0.15) is 0 Å². The molecule has 0 saturated heterocycles. The lowest BCUT2D eigenvalue weighted by Crippen LogP contribution is -1.98. The van der Waals surface area contributed by atoms with E-state index in [1.165, 1.54) is 5.56 Å². The van der Waals surface area contributed by atoms with Gasteiger partial charge in [-0.05, 0) is 24.8 Å². The number of aryl methyl sites for hydroxylation is 1. The first-order valence-electron chi connectivity index (χ1n) is 4.51. The Bertz CT molecular complexity index is 206. The van der Waals surface area contributed by atoms with Crippen LogP contribution in [0.25, 0.3) is 0 Å². The van der Waals surface area contributed by atoms with Gasteiger partial charge in [0.2, 0.25) is 0 Å². The van der Waals surface area contributed by atoms with Crippen LogP contribution in [0.1, 0.15) is 25.3 Å². The Morgan fingerprint density at radius 2 is 1.92 bits per heavy atom. The molecule has 0 N–H and O–H groups in total. The van der Waals surface area contributed by atoms with Crippen molar-refractivity contribution in [1.29, 1.82) is 0 Å². The fourth-order valence-corrected chi connectivity index (χ4v) is 1.28. The van der Waals surface area contributed by atoms with Crippen molar-refractivity contribution in [1.82, 2.24) is 0 Å². The standard InChI is InChI=1S/C11H15Cl/c1-2-11(12)9-8-10-6-4-3-5-7-10/h3-7,11H,2,8-9H2,1H3. The van der Waals surface area contributed by atoms with E-state index in [1.54, 1.807) is 0 Å². The molecule has 0 heterocycles. The first-order chi connectivity index (χ1) is 5.83. The van der Waals surface area contributed by atoms with Crippen molar-refractivity contribution >= 4 is 11.6 Å². The van der Waals surface area contributed by atoms with Crippen molar-refractivity contribution in [2.24, 2.45) is 0 Å². The van der Waals surface area contributed by atoms with Crippen LogP contribution in [-0.4, -0.2) is 5.38 Å². The molecule has 0 amide bonds. The lowest BCUT2D eigenvalue weighted by Gasteiger charge is -2.05. The number of hydrogen-bond acceptors (Lipinski definition) is 0. The molecule has 12 heavy (non-hydrogen) atoms. The van der Waals surface area contributed by atoms with Gasteiger partial charge >= 0.3 is 0 Å². The summed E-state index contributed by atoms with van der Waals surface area (Å²) in [7, 11) is 0. The van der Waals surface area contributed by atoms with Gasteiger partial charge in [-0.25, -0.2) is 0 Å². The van der Waals surface area contributed by atoms with Crippen LogP contribution >= 0.6 is 11.6 Å². The van der Waals surface area contributed by atoms with Gasteiger partial charge in [-0.3, -0.25) is 0 Å². The maximum absolute atomic E-state index is 6.02. The summed E-state index contributed by atoms with van der Waals surface area (Å²) in [5.41, 5.74) is 1.39. The maximum atomic E-state index is 6.02. The Balaban J connectivity index is 2.33. The van der Waals surface area contributed by atoms with E-state index in [9.17, 15) is 0 Å². The lowest BCUT2D eigenvalue weighted by atomic mass is 10.1. The summed E-state index contributed by atoms with van der Waals surface area (Å²) in [5.74, 6) is 0. The van der Waals surface area contributed by atoms with Crippen molar-refractivity contribution in [3.05, 3.63) is 35.9 Å². The minimum absolute atomic E-state index is 0.338. The minimum Gasteiger partial charge on any atom is -0.123 e. The zero-order valence-electron chi connectivity index (χ0n) is 7.46. The summed E-state index contributed by atoms with van der Waals surface area (Å²) in [5, 5.41) is 0.338. The highest BCUT2D eigenvalue weighted by Crippen LogP contribution is 2.11. The first-order valence-corrected chi connectivity index (χ1v) is 4.94. The highest BCUT2D eigenvalue weighted by atomic mass is 35.5. The number of hydrogen-bond donors (Lipinski definition) is 0. The molecule has 0 aliphatic rings. The van der Waals surface area contributed by atoms with E-state index in [1.807, 2.05) is 6.07 Å². The van der Waals surface area contributed by atoms with Crippen LogP contribution in [0.4, 0.5) is 0 Å². The normalized spacial score (nSPS) is 12.8. The lowest BCUT2D eigenvalue weighted by molar-refractivity contribution is 0.727. The van der Waals surface area contributed by atoms with Crippen LogP contribution in [0.2, 0.25) is 0 Å². The first kappa shape index (κ1) is 9.60. The van der Waals surface area contributed by atoms with Crippen LogP contribution in [0.15, 0.2) is 30.3 Å². The topological polar surface area (TPSA) is 0 Å². The fraction of sp³-hybridized carbons (Fsp3) is 0.455. The monoisotopic (exact) mass is 182 g/mol. The van der Waals surface area contributed by atoms with Gasteiger partial charge in [-0.1, -0.05) is 37.3 Å². The molecule has 1 heteroatoms. The van der Waals surface area contributed by atoms with E-state index in [0.29, 0.717) is 5.38 Å². The molecule has 0 aliphatic carbocycles. The molecular formula is C11H15Cl. The number of alkyl halides is 1. The van der Waals surface area contributed by atoms with Crippen molar-refractivity contribution in [3.63, 3.8) is 0 Å². The van der Waals surface area contributed by atoms with Gasteiger partial charge in [0.15, 0.2) is 0 Å². The third kappa shape index (κ3) is 3.27. The van der Waals surface area contributed by atoms with E-state index in [4.69, 9.17) is 11.6 Å². The van der Waals surface area contributed by atoms with Crippen LogP contribution in [0.5, 0.6) is 0 Å². The number of halogens is 1. The summed E-state index contributed by atoms with van der Waals surface area (Å²) in [6, 6.07) is 10.5. The van der Waals surface area contributed by atoms with Crippen LogP contribution in [0.3, 0.4) is 0 Å². The Labute approximate surface area is 79.6 Å². The second-order valence-electron chi connectivity index (χ2n) is 3.03. The van der Waals surface area contributed by atoms with Gasteiger partial charge in [-0.15, -0.1) is 11.6 Å². The quantitative estimate of drug-likeness (QED) is 0.624. The van der Waals surface area contributed by atoms with Gasteiger partial charge < -0.3 is 0 Å². The molecule has 1 unspecified atom stereocenters. The molecular weight excluding hydrogens is 168 g/mol. The van der Waals surface area contributed by atoms with E-state index in [2.05, 4.69) is 31.2 Å². The van der Waals surface area contributed by atoms with Crippen molar-refractivity contribution < 1.29 is 0 Å². The second-order valence-corrected chi connectivity index (χ2v) is 3.65. The Morgan fingerprint density at radius 3 is 2.50 bits per heavy atom. The summed E-state index contributed by atoms with van der Waals surface area (Å²) in [4.78, 5) is 0.